The molecule has 0 fully saturated rings. The molecule has 2 aromatic carbocycles. The van der Waals surface area contributed by atoms with E-state index in [-0.39, 0.29) is 16.2 Å². The number of hydrogen-bond acceptors (Lipinski definition) is 4. The molecule has 7 nitrogen and oxygen atoms in total. The van der Waals surface area contributed by atoms with Crippen LogP contribution in [0.5, 0.6) is 0 Å². The Morgan fingerprint density at radius 1 is 1.09 bits per heavy atom. The van der Waals surface area contributed by atoms with Gasteiger partial charge in [0.25, 0.3) is 0 Å². The van der Waals surface area contributed by atoms with Crippen molar-refractivity contribution < 1.29 is 13.2 Å². The fraction of sp³-hybridized carbons (Fsp3) is 0.481. The third-order valence-electron chi connectivity index (χ3n) is 6.41. The van der Waals surface area contributed by atoms with E-state index in [2.05, 4.69) is 68.5 Å². The molecule has 0 aliphatic heterocycles. The minimum absolute atomic E-state index is 0.0213. The van der Waals surface area contributed by atoms with Gasteiger partial charge in [0.2, 0.25) is 15.9 Å². The number of amides is 1. The van der Waals surface area contributed by atoms with Crippen molar-refractivity contribution in [2.24, 2.45) is 5.14 Å². The number of imidazole rings is 1. The van der Waals surface area contributed by atoms with E-state index in [9.17, 15) is 13.2 Å². The van der Waals surface area contributed by atoms with Crippen LogP contribution in [0.15, 0.2) is 35.2 Å². The predicted octanol–water partition coefficient (Wildman–Crippen LogP) is 4.30. The van der Waals surface area contributed by atoms with Gasteiger partial charge in [0.05, 0.1) is 15.9 Å². The first-order chi connectivity index (χ1) is 16.3. The number of aromatic nitrogens is 2. The molecule has 1 aromatic heterocycles. The topological polar surface area (TPSA) is 107 Å². The zero-order valence-corrected chi connectivity index (χ0v) is 22.6. The van der Waals surface area contributed by atoms with Gasteiger partial charge >= 0.3 is 0 Å². The van der Waals surface area contributed by atoms with Crippen LogP contribution in [0.4, 0.5) is 0 Å². The van der Waals surface area contributed by atoms with Crippen LogP contribution in [0.1, 0.15) is 68.6 Å². The van der Waals surface area contributed by atoms with Gasteiger partial charge in [-0.05, 0) is 72.6 Å². The fourth-order valence-corrected chi connectivity index (χ4v) is 5.00. The molecule has 3 aromatic rings. The highest BCUT2D eigenvalue weighted by molar-refractivity contribution is 7.89. The Bertz CT molecular complexity index is 1310. The van der Waals surface area contributed by atoms with E-state index >= 15 is 0 Å². The number of nitrogens with zero attached hydrogens (tertiary/aromatic N) is 2. The van der Waals surface area contributed by atoms with Crippen LogP contribution >= 0.6 is 0 Å². The second-order valence-corrected chi connectivity index (χ2v) is 11.9. The van der Waals surface area contributed by atoms with Crippen molar-refractivity contribution in [3.63, 3.8) is 0 Å². The number of nitrogens with one attached hydrogen (secondary N) is 1. The number of carbonyl (C=O) groups excluding carboxylic acids is 1. The van der Waals surface area contributed by atoms with Crippen molar-refractivity contribution in [2.45, 2.75) is 84.1 Å². The minimum Gasteiger partial charge on any atom is -0.356 e. The van der Waals surface area contributed by atoms with E-state index < -0.39 is 10.0 Å². The van der Waals surface area contributed by atoms with Crippen LogP contribution in [-0.4, -0.2) is 30.4 Å². The SMILES string of the molecule is CCCn1c(CCC(=O)NCCc2c(C)cc(C(C)(C)C)cc2C)nc2cc(S(N)(=O)=O)ccc21. The van der Waals surface area contributed by atoms with Crippen LogP contribution in [0.3, 0.4) is 0 Å². The first kappa shape index (κ1) is 26.9. The van der Waals surface area contributed by atoms with Crippen molar-refractivity contribution in [1.29, 1.82) is 0 Å². The average Bonchev–Trinajstić information content (AvgIpc) is 3.10. The second kappa shape index (κ2) is 10.5. The smallest absolute Gasteiger partial charge is 0.238 e. The molecule has 190 valence electrons. The Balaban J connectivity index is 1.65. The molecule has 0 unspecified atom stereocenters. The molecular formula is C27H38N4O3S. The van der Waals surface area contributed by atoms with Gasteiger partial charge in [-0.25, -0.2) is 18.5 Å². The van der Waals surface area contributed by atoms with Crippen LogP contribution in [0.2, 0.25) is 0 Å². The van der Waals surface area contributed by atoms with Gasteiger partial charge in [0.15, 0.2) is 0 Å². The molecule has 0 aliphatic carbocycles. The van der Waals surface area contributed by atoms with Crippen LogP contribution < -0.4 is 10.5 Å². The first-order valence-electron chi connectivity index (χ1n) is 12.2. The standard InChI is InChI=1S/C27H38N4O3S/c1-7-14-31-24-9-8-21(35(28,33)34)17-23(24)30-25(31)10-11-26(32)29-13-12-22-18(2)15-20(16-19(22)3)27(4,5)6/h8-9,15-17H,7,10-14H2,1-6H3,(H,29,32)(H2,28,33,34). The summed E-state index contributed by atoms with van der Waals surface area (Å²) in [5, 5.41) is 8.31. The molecule has 0 saturated heterocycles. The van der Waals surface area contributed by atoms with Gasteiger partial charge in [-0.2, -0.15) is 0 Å². The Morgan fingerprint density at radius 2 is 1.74 bits per heavy atom. The van der Waals surface area contributed by atoms with E-state index in [1.165, 1.54) is 34.4 Å². The normalized spacial score (nSPS) is 12.3. The van der Waals surface area contributed by atoms with E-state index in [0.717, 1.165) is 30.7 Å². The van der Waals surface area contributed by atoms with Crippen molar-refractivity contribution in [1.82, 2.24) is 14.9 Å². The van der Waals surface area contributed by atoms with Crippen LogP contribution in [0, 0.1) is 13.8 Å². The maximum Gasteiger partial charge on any atom is 0.238 e. The molecule has 3 rings (SSSR count). The number of fused-ring (bicyclic) bond motifs is 1. The number of sulfonamides is 1. The molecule has 1 heterocycles. The summed E-state index contributed by atoms with van der Waals surface area (Å²) < 4.78 is 25.5. The monoisotopic (exact) mass is 498 g/mol. The fourth-order valence-electron chi connectivity index (χ4n) is 4.46. The summed E-state index contributed by atoms with van der Waals surface area (Å²) in [6.07, 6.45) is 2.48. The molecule has 0 spiro atoms. The maximum absolute atomic E-state index is 12.6. The average molecular weight is 499 g/mol. The molecule has 3 N–H and O–H groups in total. The number of primary sulfonamides is 1. The zero-order valence-electron chi connectivity index (χ0n) is 21.7. The largest absolute Gasteiger partial charge is 0.356 e. The summed E-state index contributed by atoms with van der Waals surface area (Å²) in [6, 6.07) is 9.24. The molecule has 0 atom stereocenters. The molecule has 35 heavy (non-hydrogen) atoms. The van der Waals surface area contributed by atoms with E-state index in [1.54, 1.807) is 6.07 Å². The summed E-state index contributed by atoms with van der Waals surface area (Å²) in [5.74, 6) is 0.750. The number of benzene rings is 2. The third-order valence-corrected chi connectivity index (χ3v) is 7.32. The Kier molecular flexibility index (Phi) is 8.07. The van der Waals surface area contributed by atoms with Crippen molar-refractivity contribution in [2.75, 3.05) is 6.54 Å². The summed E-state index contributed by atoms with van der Waals surface area (Å²) >= 11 is 0. The van der Waals surface area contributed by atoms with Gasteiger partial charge in [0, 0.05) is 25.9 Å². The highest BCUT2D eigenvalue weighted by Crippen LogP contribution is 2.27. The lowest BCUT2D eigenvalue weighted by Gasteiger charge is -2.22. The third kappa shape index (κ3) is 6.49. The number of aryl methyl sites for hydroxylation is 4. The molecule has 0 radical (unpaired) electrons. The lowest BCUT2D eigenvalue weighted by molar-refractivity contribution is -0.121. The summed E-state index contributed by atoms with van der Waals surface area (Å²) in [7, 11) is -3.80. The second-order valence-electron chi connectivity index (χ2n) is 10.3. The zero-order chi connectivity index (χ0) is 26.0. The predicted molar refractivity (Wildman–Crippen MR) is 141 cm³/mol. The van der Waals surface area contributed by atoms with Crippen molar-refractivity contribution in [3.8, 4) is 0 Å². The summed E-state index contributed by atoms with van der Waals surface area (Å²) in [4.78, 5) is 17.2. The number of nitrogens with two attached hydrogens (primary N) is 1. The van der Waals surface area contributed by atoms with Gasteiger partial charge in [-0.1, -0.05) is 39.8 Å². The molecule has 1 amide bonds. The van der Waals surface area contributed by atoms with Crippen molar-refractivity contribution in [3.05, 3.63) is 58.4 Å². The quantitative estimate of drug-likeness (QED) is 0.459. The number of carbonyl (C=O) groups is 1. The number of hydrogen-bond donors (Lipinski definition) is 2. The van der Waals surface area contributed by atoms with Crippen LogP contribution in [-0.2, 0) is 39.6 Å². The maximum atomic E-state index is 12.6. The Labute approximate surface area is 209 Å². The molecule has 8 heteroatoms. The lowest BCUT2D eigenvalue weighted by atomic mass is 9.83. The van der Waals surface area contributed by atoms with Gasteiger partial charge < -0.3 is 9.88 Å². The molecule has 0 aliphatic rings. The van der Waals surface area contributed by atoms with Gasteiger partial charge in [-0.3, -0.25) is 4.79 Å². The minimum atomic E-state index is -3.80. The Morgan fingerprint density at radius 3 is 2.31 bits per heavy atom. The summed E-state index contributed by atoms with van der Waals surface area (Å²) in [6.45, 7) is 14.3. The van der Waals surface area contributed by atoms with E-state index in [4.69, 9.17) is 5.14 Å². The van der Waals surface area contributed by atoms with Crippen molar-refractivity contribution >= 4 is 27.0 Å². The highest BCUT2D eigenvalue weighted by Gasteiger charge is 2.17. The first-order valence-corrected chi connectivity index (χ1v) is 13.7. The van der Waals surface area contributed by atoms with Crippen LogP contribution in [0.25, 0.3) is 11.0 Å². The molecule has 0 bridgehead atoms. The van der Waals surface area contributed by atoms with Gasteiger partial charge in [0.1, 0.15) is 5.82 Å². The Hall–Kier alpha value is -2.71. The molecule has 0 saturated carbocycles. The number of rotatable bonds is 9. The van der Waals surface area contributed by atoms with E-state index in [0.29, 0.717) is 24.9 Å². The highest BCUT2D eigenvalue weighted by atomic mass is 32.2. The van der Waals surface area contributed by atoms with Gasteiger partial charge in [-0.15, -0.1) is 0 Å². The lowest BCUT2D eigenvalue weighted by Crippen LogP contribution is -2.26. The molecular weight excluding hydrogens is 460 g/mol. The van der Waals surface area contributed by atoms with E-state index in [1.807, 2.05) is 0 Å². The summed E-state index contributed by atoms with van der Waals surface area (Å²) in [5.41, 5.74) is 6.66.